The highest BCUT2D eigenvalue weighted by molar-refractivity contribution is 6.04. The Hall–Kier alpha value is -1.14. The molecule has 0 spiro atoms. The predicted molar refractivity (Wildman–Crippen MR) is 153 cm³/mol. The standard InChI is InChI=1S/C30H55N3O7/c1-18-15-30(6,37-10)26(40-27-24(34)22(32(7)8)14-19(2)39-27)20(3)25(35)29(4,5)28(36)38-17-23(33(9)16-18)21-12-11-13-31-21/h18-24,26-27,31,34H,11-17H2,1-10H3/t18-,19-,20+,21+,22+,23+,24-,26-,27+,30-/m1/s1. The maximum atomic E-state index is 14.1. The first-order valence-electron chi connectivity index (χ1n) is 15.0. The molecule has 0 radical (unpaired) electrons. The molecule has 10 nitrogen and oxygen atoms in total. The van der Waals surface area contributed by atoms with E-state index in [1.54, 1.807) is 27.9 Å². The lowest BCUT2D eigenvalue weighted by Crippen LogP contribution is -2.59. The molecule has 40 heavy (non-hydrogen) atoms. The average Bonchev–Trinajstić information content (AvgIpc) is 3.41. The zero-order chi connectivity index (χ0) is 30.0. The van der Waals surface area contributed by atoms with Gasteiger partial charge in [0.05, 0.1) is 23.9 Å². The number of likely N-dealkylation sites (N-methyl/N-ethyl adjacent to an activating group) is 2. The van der Waals surface area contributed by atoms with Crippen LogP contribution in [0.4, 0.5) is 0 Å². The Balaban J connectivity index is 1.99. The van der Waals surface area contributed by atoms with Gasteiger partial charge in [-0.3, -0.25) is 14.5 Å². The van der Waals surface area contributed by atoms with Crippen molar-refractivity contribution in [1.82, 2.24) is 15.1 Å². The number of nitrogens with zero attached hydrogens (tertiary/aromatic N) is 2. The van der Waals surface area contributed by atoms with Crippen molar-refractivity contribution in [3.8, 4) is 0 Å². The maximum absolute atomic E-state index is 14.1. The van der Waals surface area contributed by atoms with Gasteiger partial charge in [0, 0.05) is 31.7 Å². The molecule has 3 saturated heterocycles. The highest BCUT2D eigenvalue weighted by Gasteiger charge is 2.51. The fraction of sp³-hybridized carbons (Fsp3) is 0.933. The lowest BCUT2D eigenvalue weighted by molar-refractivity contribution is -0.295. The van der Waals surface area contributed by atoms with E-state index in [-0.39, 0.29) is 42.5 Å². The number of carbonyl (C=O) groups is 2. The number of Topliss-reactive ketones (excluding diaryl/α,β-unsaturated/α-hetero) is 1. The third-order valence-electron chi connectivity index (χ3n) is 9.49. The van der Waals surface area contributed by atoms with E-state index in [1.165, 1.54) is 0 Å². The van der Waals surface area contributed by atoms with Gasteiger partial charge in [-0.1, -0.05) is 13.8 Å². The number of cyclic esters (lactones) is 1. The normalized spacial score (nSPS) is 42.6. The quantitative estimate of drug-likeness (QED) is 0.377. The van der Waals surface area contributed by atoms with Crippen molar-refractivity contribution in [2.24, 2.45) is 17.3 Å². The molecule has 3 aliphatic heterocycles. The number of esters is 1. The highest BCUT2D eigenvalue weighted by atomic mass is 16.7. The number of nitrogens with one attached hydrogen (secondary N) is 1. The smallest absolute Gasteiger partial charge is 0.319 e. The average molecular weight is 570 g/mol. The molecule has 10 heteroatoms. The van der Waals surface area contributed by atoms with Gasteiger partial charge in [-0.25, -0.2) is 0 Å². The van der Waals surface area contributed by atoms with Gasteiger partial charge in [0.1, 0.15) is 18.1 Å². The number of aliphatic hydroxyl groups excluding tert-OH is 1. The molecule has 0 saturated carbocycles. The maximum Gasteiger partial charge on any atom is 0.319 e. The van der Waals surface area contributed by atoms with Crippen molar-refractivity contribution in [3.05, 3.63) is 0 Å². The van der Waals surface area contributed by atoms with E-state index in [1.807, 2.05) is 32.8 Å². The van der Waals surface area contributed by atoms with Gasteiger partial charge in [-0.05, 0) is 87.0 Å². The van der Waals surface area contributed by atoms with Crippen LogP contribution in [0.3, 0.4) is 0 Å². The number of aliphatic hydroxyl groups is 1. The lowest BCUT2D eigenvalue weighted by Gasteiger charge is -2.47. The Morgan fingerprint density at radius 3 is 2.40 bits per heavy atom. The number of rotatable bonds is 5. The molecule has 10 atom stereocenters. The molecule has 0 bridgehead atoms. The minimum absolute atomic E-state index is 0.00549. The SMILES string of the molecule is CO[C@]1(C)C[C@@H](C)CN(C)[C@H]([C@@H]2CCCN2)COC(=O)C(C)(C)C(=O)[C@H](C)[C@H]1O[C@@H]1O[C@H](C)C[C@H](N(C)C)[C@H]1O. The summed E-state index contributed by atoms with van der Waals surface area (Å²) in [7, 11) is 7.55. The molecule has 3 aliphatic rings. The van der Waals surface area contributed by atoms with E-state index >= 15 is 0 Å². The topological polar surface area (TPSA) is 110 Å². The van der Waals surface area contributed by atoms with Crippen molar-refractivity contribution in [2.45, 2.75) is 116 Å². The fourth-order valence-electron chi connectivity index (χ4n) is 7.03. The summed E-state index contributed by atoms with van der Waals surface area (Å²) < 4.78 is 24.8. The van der Waals surface area contributed by atoms with Crippen molar-refractivity contribution < 1.29 is 33.6 Å². The molecule has 0 amide bonds. The van der Waals surface area contributed by atoms with Crippen LogP contribution in [-0.2, 0) is 28.5 Å². The number of carbonyl (C=O) groups excluding carboxylic acids is 2. The van der Waals surface area contributed by atoms with Gasteiger partial charge in [0.2, 0.25) is 0 Å². The molecular formula is C30H55N3O7. The summed E-state index contributed by atoms with van der Waals surface area (Å²) in [6.45, 7) is 13.0. The Morgan fingerprint density at radius 2 is 1.82 bits per heavy atom. The number of hydrogen-bond acceptors (Lipinski definition) is 10. The van der Waals surface area contributed by atoms with Gasteiger partial charge in [-0.2, -0.15) is 0 Å². The highest BCUT2D eigenvalue weighted by Crippen LogP contribution is 2.38. The van der Waals surface area contributed by atoms with Crippen molar-refractivity contribution in [1.29, 1.82) is 0 Å². The van der Waals surface area contributed by atoms with Gasteiger partial charge >= 0.3 is 5.97 Å². The Morgan fingerprint density at radius 1 is 1.15 bits per heavy atom. The zero-order valence-corrected chi connectivity index (χ0v) is 26.4. The largest absolute Gasteiger partial charge is 0.463 e. The van der Waals surface area contributed by atoms with Crippen LogP contribution in [0.1, 0.15) is 67.2 Å². The summed E-state index contributed by atoms with van der Waals surface area (Å²) in [4.78, 5) is 31.7. The Labute approximate surface area is 241 Å². The van der Waals surface area contributed by atoms with Crippen LogP contribution in [0.2, 0.25) is 0 Å². The second-order valence-electron chi connectivity index (χ2n) is 13.5. The summed E-state index contributed by atoms with van der Waals surface area (Å²) in [6.07, 6.45) is 0.569. The molecular weight excluding hydrogens is 514 g/mol. The van der Waals surface area contributed by atoms with E-state index in [4.69, 9.17) is 18.9 Å². The third-order valence-corrected chi connectivity index (χ3v) is 9.49. The molecule has 2 N–H and O–H groups in total. The van der Waals surface area contributed by atoms with Crippen LogP contribution in [-0.4, -0.2) is 123 Å². The molecule has 0 aliphatic carbocycles. The third kappa shape index (κ3) is 7.25. The van der Waals surface area contributed by atoms with E-state index in [9.17, 15) is 14.7 Å². The monoisotopic (exact) mass is 569 g/mol. The Kier molecular flexibility index (Phi) is 11.2. The minimum atomic E-state index is -1.40. The summed E-state index contributed by atoms with van der Waals surface area (Å²) in [5.74, 6) is -1.40. The van der Waals surface area contributed by atoms with Crippen LogP contribution < -0.4 is 5.32 Å². The molecule has 3 rings (SSSR count). The van der Waals surface area contributed by atoms with E-state index in [0.29, 0.717) is 12.8 Å². The summed E-state index contributed by atoms with van der Waals surface area (Å²) in [5.41, 5.74) is -2.30. The Bertz CT molecular complexity index is 864. The minimum Gasteiger partial charge on any atom is -0.463 e. The number of hydrogen-bond donors (Lipinski definition) is 2. The lowest BCUT2D eigenvalue weighted by atomic mass is 9.74. The van der Waals surface area contributed by atoms with Gasteiger partial charge in [-0.15, -0.1) is 0 Å². The molecule has 3 heterocycles. The molecule has 0 aromatic heterocycles. The molecule has 232 valence electrons. The van der Waals surface area contributed by atoms with Crippen LogP contribution in [0, 0.1) is 17.3 Å². The predicted octanol–water partition coefficient (Wildman–Crippen LogP) is 2.07. The number of ketones is 1. The summed E-state index contributed by atoms with van der Waals surface area (Å²) in [5, 5.41) is 14.8. The van der Waals surface area contributed by atoms with Gasteiger partial charge in [0.25, 0.3) is 0 Å². The first kappa shape index (κ1) is 33.4. The van der Waals surface area contributed by atoms with Crippen LogP contribution in [0.5, 0.6) is 0 Å². The van der Waals surface area contributed by atoms with Gasteiger partial charge < -0.3 is 34.3 Å². The molecule has 0 unspecified atom stereocenters. The van der Waals surface area contributed by atoms with E-state index in [2.05, 4.69) is 24.2 Å². The second kappa shape index (κ2) is 13.4. The van der Waals surface area contributed by atoms with Crippen molar-refractivity contribution >= 4 is 11.8 Å². The summed E-state index contributed by atoms with van der Waals surface area (Å²) >= 11 is 0. The van der Waals surface area contributed by atoms with Crippen LogP contribution in [0.25, 0.3) is 0 Å². The van der Waals surface area contributed by atoms with Crippen LogP contribution in [0.15, 0.2) is 0 Å². The van der Waals surface area contributed by atoms with Crippen molar-refractivity contribution in [2.75, 3.05) is 47.9 Å². The van der Waals surface area contributed by atoms with Gasteiger partial charge in [0.15, 0.2) is 12.1 Å². The second-order valence-corrected chi connectivity index (χ2v) is 13.5. The van der Waals surface area contributed by atoms with Crippen molar-refractivity contribution in [3.63, 3.8) is 0 Å². The summed E-state index contributed by atoms with van der Waals surface area (Å²) in [6, 6.07) is 0.0480. The van der Waals surface area contributed by atoms with E-state index < -0.39 is 41.4 Å². The van der Waals surface area contributed by atoms with E-state index in [0.717, 1.165) is 25.9 Å². The first-order chi connectivity index (χ1) is 18.6. The first-order valence-corrected chi connectivity index (χ1v) is 15.0. The zero-order valence-electron chi connectivity index (χ0n) is 26.4. The number of ether oxygens (including phenoxy) is 4. The molecule has 0 aromatic carbocycles. The fourth-order valence-corrected chi connectivity index (χ4v) is 7.03. The van der Waals surface area contributed by atoms with Crippen LogP contribution >= 0.6 is 0 Å². The molecule has 3 fully saturated rings. The molecule has 0 aromatic rings. The number of methoxy groups -OCH3 is 1.